The van der Waals surface area contributed by atoms with Gasteiger partial charge in [0.1, 0.15) is 8.07 Å². The molecule has 0 fully saturated rings. The summed E-state index contributed by atoms with van der Waals surface area (Å²) < 4.78 is 4.66. The lowest BCUT2D eigenvalue weighted by molar-refractivity contribution is 0.795. The highest BCUT2D eigenvalue weighted by molar-refractivity contribution is 6.91. The molecule has 33 heavy (non-hydrogen) atoms. The van der Waals surface area contributed by atoms with E-state index in [1.54, 1.807) is 5.32 Å². The van der Waals surface area contributed by atoms with E-state index in [2.05, 4.69) is 111 Å². The molecule has 3 heteroatoms. The van der Waals surface area contributed by atoms with Crippen LogP contribution < -0.4 is 5.32 Å². The fraction of sp³-hybridized carbons (Fsp3) is 0.467. The van der Waals surface area contributed by atoms with E-state index in [0.29, 0.717) is 0 Å². The molecule has 2 aromatic carbocycles. The van der Waals surface area contributed by atoms with Crippen LogP contribution >= 0.6 is 0 Å². The molecular formula is C30H44N2Si. The van der Waals surface area contributed by atoms with Gasteiger partial charge in [-0.1, -0.05) is 114 Å². The van der Waals surface area contributed by atoms with Gasteiger partial charge in [0.15, 0.2) is 0 Å². The van der Waals surface area contributed by atoms with Gasteiger partial charge >= 0.3 is 0 Å². The van der Waals surface area contributed by atoms with Gasteiger partial charge in [0.2, 0.25) is 0 Å². The molecule has 2 nitrogen and oxygen atoms in total. The van der Waals surface area contributed by atoms with Crippen molar-refractivity contribution in [3.05, 3.63) is 66.9 Å². The van der Waals surface area contributed by atoms with Crippen molar-refractivity contribution < 1.29 is 0 Å². The van der Waals surface area contributed by atoms with Crippen LogP contribution in [0.5, 0.6) is 0 Å². The topological polar surface area (TPSA) is 9.86 Å². The molecule has 4 rings (SSSR count). The third-order valence-electron chi connectivity index (χ3n) is 7.32. The highest BCUT2D eigenvalue weighted by Crippen LogP contribution is 2.30. The lowest BCUT2D eigenvalue weighted by Gasteiger charge is -2.33. The predicted molar refractivity (Wildman–Crippen MR) is 150 cm³/mol. The highest BCUT2D eigenvalue weighted by Gasteiger charge is 2.35. The quantitative estimate of drug-likeness (QED) is 0.210. The van der Waals surface area contributed by atoms with Gasteiger partial charge in [0.25, 0.3) is 0 Å². The Morgan fingerprint density at radius 2 is 1.15 bits per heavy atom. The van der Waals surface area contributed by atoms with Gasteiger partial charge in [0, 0.05) is 36.6 Å². The molecule has 0 amide bonds. The lowest BCUT2D eigenvalue weighted by Crippen LogP contribution is -2.50. The van der Waals surface area contributed by atoms with Crippen molar-refractivity contribution in [1.82, 2.24) is 9.13 Å². The maximum atomic E-state index is 2.54. The molecule has 4 aromatic rings. The van der Waals surface area contributed by atoms with E-state index in [1.807, 2.05) is 0 Å². The first-order valence-electron chi connectivity index (χ1n) is 13.1. The van der Waals surface area contributed by atoms with Crippen molar-refractivity contribution in [3.63, 3.8) is 0 Å². The third-order valence-corrected chi connectivity index (χ3v) is 12.8. The van der Waals surface area contributed by atoms with Gasteiger partial charge in [-0.05, 0) is 35.0 Å². The molecule has 2 heterocycles. The van der Waals surface area contributed by atoms with Crippen LogP contribution in [-0.2, 0) is 14.1 Å². The zero-order valence-corrected chi connectivity index (χ0v) is 22.6. The Bertz CT molecular complexity index is 1100. The van der Waals surface area contributed by atoms with Crippen LogP contribution in [0.15, 0.2) is 66.9 Å². The summed E-state index contributed by atoms with van der Waals surface area (Å²) in [6.45, 7) is 7.04. The molecule has 0 spiro atoms. The van der Waals surface area contributed by atoms with Gasteiger partial charge in [-0.25, -0.2) is 0 Å². The van der Waals surface area contributed by atoms with E-state index in [-0.39, 0.29) is 0 Å². The number of fused-ring (bicyclic) bond motifs is 2. The first kappa shape index (κ1) is 25.4. The predicted octanol–water partition coefficient (Wildman–Crippen LogP) is 8.41. The maximum Gasteiger partial charge on any atom is 0.108 e. The largest absolute Gasteiger partial charge is 0.352 e. The van der Waals surface area contributed by atoms with Crippen molar-refractivity contribution in [2.75, 3.05) is 0 Å². The third kappa shape index (κ3) is 6.00. The summed E-state index contributed by atoms with van der Waals surface area (Å²) in [4.78, 5) is 0. The van der Waals surface area contributed by atoms with Gasteiger partial charge in [-0.2, -0.15) is 0 Å². The number of aromatic nitrogens is 2. The molecule has 0 radical (unpaired) electrons. The van der Waals surface area contributed by atoms with Crippen LogP contribution in [0.1, 0.15) is 59.3 Å². The van der Waals surface area contributed by atoms with Crippen molar-refractivity contribution >= 4 is 35.2 Å². The highest BCUT2D eigenvalue weighted by atomic mass is 28.3. The molecule has 0 unspecified atom stereocenters. The van der Waals surface area contributed by atoms with Gasteiger partial charge in [-0.15, -0.1) is 0 Å². The van der Waals surface area contributed by atoms with E-state index in [9.17, 15) is 0 Å². The standard InChI is InChI=1S/C21H35NSi.C9H9N/c1-5-8-15-23(16-9-6-2,17-10-7-3)21-18-19-13-11-12-14-20(19)22(21)4;1-10-7-6-8-4-2-3-5-9(8)10/h11-14,18H,5-10,15-17H2,1-4H3;2-7H,1H3. The van der Waals surface area contributed by atoms with Gasteiger partial charge < -0.3 is 9.13 Å². The molecule has 0 aliphatic rings. The molecule has 178 valence electrons. The Balaban J connectivity index is 0.000000252. The SMILES string of the molecule is CCCC[Si](CCCC)(CCCC)c1cc2ccccc2n1C.Cn1ccc2ccccc21. The average Bonchev–Trinajstić information content (AvgIpc) is 3.40. The molecule has 0 saturated heterocycles. The zero-order chi connectivity index (χ0) is 23.7. The number of para-hydroxylation sites is 2. The Morgan fingerprint density at radius 1 is 0.636 bits per heavy atom. The minimum Gasteiger partial charge on any atom is -0.352 e. The van der Waals surface area contributed by atoms with Crippen LogP contribution in [-0.4, -0.2) is 17.2 Å². The van der Waals surface area contributed by atoms with E-state index in [4.69, 9.17) is 0 Å². The minimum atomic E-state index is -1.40. The number of hydrogen-bond acceptors (Lipinski definition) is 0. The molecule has 0 bridgehead atoms. The number of hydrogen-bond donors (Lipinski definition) is 0. The van der Waals surface area contributed by atoms with E-state index >= 15 is 0 Å². The first-order valence-corrected chi connectivity index (χ1v) is 15.7. The van der Waals surface area contributed by atoms with Crippen LogP contribution in [0.3, 0.4) is 0 Å². The summed E-state index contributed by atoms with van der Waals surface area (Å²) >= 11 is 0. The number of nitrogens with zero attached hydrogens (tertiary/aromatic N) is 2. The van der Waals surface area contributed by atoms with Crippen LogP contribution in [0.2, 0.25) is 18.1 Å². The van der Waals surface area contributed by atoms with Gasteiger partial charge in [0.05, 0.1) is 0 Å². The van der Waals surface area contributed by atoms with E-state index in [1.165, 1.54) is 78.5 Å². The Morgan fingerprint density at radius 3 is 1.67 bits per heavy atom. The first-order chi connectivity index (χ1) is 16.1. The summed E-state index contributed by atoms with van der Waals surface area (Å²) in [5.41, 5.74) is 2.71. The maximum absolute atomic E-state index is 2.54. The Kier molecular flexibility index (Phi) is 9.43. The molecule has 0 atom stereocenters. The monoisotopic (exact) mass is 460 g/mol. The number of unbranched alkanes of at least 4 members (excludes halogenated alkanes) is 3. The van der Waals surface area contributed by atoms with Crippen LogP contribution in [0.4, 0.5) is 0 Å². The van der Waals surface area contributed by atoms with Crippen LogP contribution in [0.25, 0.3) is 21.8 Å². The second-order valence-corrected chi connectivity index (χ2v) is 14.3. The molecular weight excluding hydrogens is 416 g/mol. The van der Waals surface area contributed by atoms with Crippen molar-refractivity contribution in [2.24, 2.45) is 14.1 Å². The molecule has 2 aromatic heterocycles. The summed E-state index contributed by atoms with van der Waals surface area (Å²) in [7, 11) is 2.97. The fourth-order valence-electron chi connectivity index (χ4n) is 5.32. The summed E-state index contributed by atoms with van der Waals surface area (Å²) in [6.07, 6.45) is 10.3. The summed E-state index contributed by atoms with van der Waals surface area (Å²) in [5.74, 6) is 0. The molecule has 0 N–H and O–H groups in total. The van der Waals surface area contributed by atoms with Gasteiger partial charge in [-0.3, -0.25) is 0 Å². The number of aryl methyl sites for hydroxylation is 2. The van der Waals surface area contributed by atoms with E-state index in [0.717, 1.165) is 0 Å². The molecule has 0 saturated carbocycles. The zero-order valence-electron chi connectivity index (χ0n) is 21.6. The van der Waals surface area contributed by atoms with Crippen molar-refractivity contribution in [3.8, 4) is 0 Å². The van der Waals surface area contributed by atoms with Crippen molar-refractivity contribution in [2.45, 2.75) is 77.4 Å². The normalized spacial score (nSPS) is 11.7. The second-order valence-electron chi connectivity index (χ2n) is 9.72. The fourth-order valence-corrected chi connectivity index (χ4v) is 11.2. The molecule has 0 aliphatic heterocycles. The number of rotatable bonds is 10. The van der Waals surface area contributed by atoms with E-state index < -0.39 is 8.07 Å². The number of benzene rings is 2. The Labute approximate surface area is 202 Å². The molecule has 0 aliphatic carbocycles. The second kappa shape index (κ2) is 12.3. The smallest absolute Gasteiger partial charge is 0.108 e. The van der Waals surface area contributed by atoms with Crippen molar-refractivity contribution in [1.29, 1.82) is 0 Å². The lowest BCUT2D eigenvalue weighted by atomic mass is 10.2. The summed E-state index contributed by atoms with van der Waals surface area (Å²) in [5, 5.41) is 4.46. The minimum absolute atomic E-state index is 1.29. The average molecular weight is 461 g/mol. The van der Waals surface area contributed by atoms with Crippen LogP contribution in [0, 0.1) is 0 Å². The Hall–Kier alpha value is -2.26. The summed E-state index contributed by atoms with van der Waals surface area (Å²) in [6, 6.07) is 26.4.